The third kappa shape index (κ3) is 3.61. The van der Waals surface area contributed by atoms with Gasteiger partial charge in [-0.15, -0.1) is 0 Å². The van der Waals surface area contributed by atoms with Crippen LogP contribution in [0.25, 0.3) is 0 Å². The Morgan fingerprint density at radius 3 is 2.79 bits per heavy atom. The molecule has 0 bridgehead atoms. The fourth-order valence-corrected chi connectivity index (χ4v) is 1.71. The first-order valence-electron chi connectivity index (χ1n) is 4.80. The van der Waals surface area contributed by atoms with E-state index in [0.717, 1.165) is 25.7 Å². The van der Waals surface area contributed by atoms with Crippen molar-refractivity contribution in [3.05, 3.63) is 0 Å². The van der Waals surface area contributed by atoms with Gasteiger partial charge in [-0.1, -0.05) is 0 Å². The maximum Gasteiger partial charge on any atom is 0.334 e. The molecule has 0 aromatic rings. The first-order chi connectivity index (χ1) is 6.76. The van der Waals surface area contributed by atoms with Crippen molar-refractivity contribution < 1.29 is 19.1 Å². The molecule has 1 aliphatic rings. The number of carbonyl (C=O) groups excluding carboxylic acids is 1. The summed E-state index contributed by atoms with van der Waals surface area (Å²) in [5, 5.41) is 0. The molecule has 0 amide bonds. The van der Waals surface area contributed by atoms with E-state index in [-0.39, 0.29) is 18.8 Å². The Morgan fingerprint density at radius 1 is 1.43 bits per heavy atom. The highest BCUT2D eigenvalue weighted by Gasteiger charge is 2.24. The number of hydrogen-bond acceptors (Lipinski definition) is 5. The Hall–Kier alpha value is -0.650. The number of carbonyl (C=O) groups is 1. The highest BCUT2D eigenvalue weighted by Crippen LogP contribution is 2.22. The number of ether oxygens (including phenoxy) is 2. The molecular formula is C9H17NO4. The maximum atomic E-state index is 11.0. The van der Waals surface area contributed by atoms with Crippen LogP contribution in [0.4, 0.5) is 0 Å². The van der Waals surface area contributed by atoms with Crippen molar-refractivity contribution in [2.24, 2.45) is 5.90 Å². The minimum absolute atomic E-state index is 0.0450. The van der Waals surface area contributed by atoms with E-state index in [1.54, 1.807) is 7.11 Å². The molecule has 2 atom stereocenters. The second-order valence-electron chi connectivity index (χ2n) is 3.45. The molecule has 82 valence electrons. The van der Waals surface area contributed by atoms with Crippen LogP contribution in [0.3, 0.4) is 0 Å². The Morgan fingerprint density at radius 2 is 2.14 bits per heavy atom. The van der Waals surface area contributed by atoms with Gasteiger partial charge in [-0.3, -0.25) is 4.84 Å². The lowest BCUT2D eigenvalue weighted by Gasteiger charge is -2.27. The largest absolute Gasteiger partial charge is 0.461 e. The molecule has 0 spiro atoms. The van der Waals surface area contributed by atoms with Crippen LogP contribution in [-0.4, -0.2) is 31.9 Å². The van der Waals surface area contributed by atoms with Gasteiger partial charge in [0.1, 0.15) is 6.10 Å². The number of nitrogens with two attached hydrogens (primary N) is 1. The maximum absolute atomic E-state index is 11.0. The van der Waals surface area contributed by atoms with Gasteiger partial charge in [-0.05, 0) is 19.3 Å². The van der Waals surface area contributed by atoms with E-state index in [0.29, 0.717) is 0 Å². The van der Waals surface area contributed by atoms with E-state index in [2.05, 4.69) is 4.84 Å². The van der Waals surface area contributed by atoms with E-state index < -0.39 is 5.97 Å². The van der Waals surface area contributed by atoms with Crippen LogP contribution >= 0.6 is 0 Å². The molecule has 2 unspecified atom stereocenters. The summed E-state index contributed by atoms with van der Waals surface area (Å²) in [5.41, 5.74) is 0. The molecule has 0 radical (unpaired) electrons. The quantitative estimate of drug-likeness (QED) is 0.528. The molecule has 0 aromatic heterocycles. The number of hydrogen-bond donors (Lipinski definition) is 1. The van der Waals surface area contributed by atoms with Crippen LogP contribution in [0, 0.1) is 0 Å². The molecule has 5 heteroatoms. The van der Waals surface area contributed by atoms with Gasteiger partial charge >= 0.3 is 5.97 Å². The SMILES string of the molecule is COC1CCCC(OC(=O)CON)C1. The number of esters is 1. The smallest absolute Gasteiger partial charge is 0.334 e. The summed E-state index contributed by atoms with van der Waals surface area (Å²) >= 11 is 0. The minimum Gasteiger partial charge on any atom is -0.461 e. The van der Waals surface area contributed by atoms with Crippen molar-refractivity contribution in [3.63, 3.8) is 0 Å². The number of rotatable bonds is 4. The average molecular weight is 203 g/mol. The topological polar surface area (TPSA) is 70.8 Å². The minimum atomic E-state index is -0.408. The van der Waals surface area contributed by atoms with Crippen LogP contribution in [-0.2, 0) is 19.1 Å². The zero-order valence-corrected chi connectivity index (χ0v) is 8.40. The normalized spacial score (nSPS) is 27.3. The zero-order valence-electron chi connectivity index (χ0n) is 8.40. The van der Waals surface area contributed by atoms with E-state index in [9.17, 15) is 4.79 Å². The molecule has 0 heterocycles. The molecule has 14 heavy (non-hydrogen) atoms. The summed E-state index contributed by atoms with van der Waals surface area (Å²) in [6, 6.07) is 0. The molecule has 0 aromatic carbocycles. The van der Waals surface area contributed by atoms with Gasteiger partial charge in [-0.25, -0.2) is 10.7 Å². The lowest BCUT2D eigenvalue weighted by molar-refractivity contribution is -0.158. The Labute approximate surface area is 83.4 Å². The fourth-order valence-electron chi connectivity index (χ4n) is 1.71. The predicted octanol–water partition coefficient (Wildman–Crippen LogP) is 0.377. The summed E-state index contributed by atoms with van der Waals surface area (Å²) < 4.78 is 10.4. The first kappa shape index (κ1) is 11.4. The van der Waals surface area contributed by atoms with Gasteiger partial charge in [0.25, 0.3) is 0 Å². The van der Waals surface area contributed by atoms with Crippen molar-refractivity contribution in [3.8, 4) is 0 Å². The van der Waals surface area contributed by atoms with Crippen molar-refractivity contribution in [1.29, 1.82) is 0 Å². The summed E-state index contributed by atoms with van der Waals surface area (Å²) in [4.78, 5) is 15.2. The molecular weight excluding hydrogens is 186 g/mol. The Bertz CT molecular complexity index is 186. The third-order valence-electron chi connectivity index (χ3n) is 2.41. The van der Waals surface area contributed by atoms with E-state index in [1.165, 1.54) is 0 Å². The second-order valence-corrected chi connectivity index (χ2v) is 3.45. The van der Waals surface area contributed by atoms with Crippen molar-refractivity contribution >= 4 is 5.97 Å². The molecule has 1 saturated carbocycles. The molecule has 0 saturated heterocycles. The summed E-state index contributed by atoms with van der Waals surface area (Å²) in [6.07, 6.45) is 3.90. The van der Waals surface area contributed by atoms with Gasteiger partial charge in [0, 0.05) is 13.5 Å². The average Bonchev–Trinajstić information content (AvgIpc) is 2.18. The van der Waals surface area contributed by atoms with Crippen LogP contribution in [0.15, 0.2) is 0 Å². The lowest BCUT2D eigenvalue weighted by Crippen LogP contribution is -2.30. The third-order valence-corrected chi connectivity index (χ3v) is 2.41. The fraction of sp³-hybridized carbons (Fsp3) is 0.889. The molecule has 0 aliphatic heterocycles. The molecule has 1 aliphatic carbocycles. The van der Waals surface area contributed by atoms with Crippen LogP contribution in [0.5, 0.6) is 0 Å². The monoisotopic (exact) mass is 203 g/mol. The van der Waals surface area contributed by atoms with Crippen molar-refractivity contribution in [2.45, 2.75) is 37.9 Å². The van der Waals surface area contributed by atoms with Gasteiger partial charge in [0.05, 0.1) is 6.10 Å². The Balaban J connectivity index is 2.26. The van der Waals surface area contributed by atoms with E-state index >= 15 is 0 Å². The Kier molecular flexibility index (Phi) is 4.86. The van der Waals surface area contributed by atoms with Gasteiger partial charge < -0.3 is 9.47 Å². The van der Waals surface area contributed by atoms with Crippen molar-refractivity contribution in [1.82, 2.24) is 0 Å². The molecule has 1 fully saturated rings. The van der Waals surface area contributed by atoms with Gasteiger partial charge in [-0.2, -0.15) is 0 Å². The van der Waals surface area contributed by atoms with E-state index in [1.807, 2.05) is 0 Å². The highest BCUT2D eigenvalue weighted by molar-refractivity contribution is 5.70. The van der Waals surface area contributed by atoms with Crippen LogP contribution < -0.4 is 5.90 Å². The molecule has 5 nitrogen and oxygen atoms in total. The molecule has 2 N–H and O–H groups in total. The van der Waals surface area contributed by atoms with Crippen LogP contribution in [0.2, 0.25) is 0 Å². The lowest BCUT2D eigenvalue weighted by atomic mass is 9.95. The number of methoxy groups -OCH3 is 1. The summed E-state index contributed by atoms with van der Waals surface area (Å²) in [5.74, 6) is 4.35. The summed E-state index contributed by atoms with van der Waals surface area (Å²) in [7, 11) is 1.68. The first-order valence-corrected chi connectivity index (χ1v) is 4.80. The van der Waals surface area contributed by atoms with Crippen LogP contribution in [0.1, 0.15) is 25.7 Å². The van der Waals surface area contributed by atoms with Gasteiger partial charge in [0.15, 0.2) is 6.61 Å². The zero-order chi connectivity index (χ0) is 10.4. The second kappa shape index (κ2) is 5.95. The molecule has 1 rings (SSSR count). The van der Waals surface area contributed by atoms with E-state index in [4.69, 9.17) is 15.4 Å². The summed E-state index contributed by atoms with van der Waals surface area (Å²) in [6.45, 7) is -0.186. The van der Waals surface area contributed by atoms with Gasteiger partial charge in [0.2, 0.25) is 0 Å². The predicted molar refractivity (Wildman–Crippen MR) is 49.3 cm³/mol. The standard InChI is InChI=1S/C9H17NO4/c1-12-7-3-2-4-8(5-7)14-9(11)6-13-10/h7-8H,2-6,10H2,1H3. The van der Waals surface area contributed by atoms with Crippen molar-refractivity contribution in [2.75, 3.05) is 13.7 Å². The highest BCUT2D eigenvalue weighted by atomic mass is 16.6.